The SMILES string of the molecule is CNc1ccc(C(=O)N2CCC(Cc3ccccc3)CC2)cc1. The lowest BCUT2D eigenvalue weighted by molar-refractivity contribution is 0.0690. The van der Waals surface area contributed by atoms with Crippen molar-refractivity contribution in [1.29, 1.82) is 0 Å². The highest BCUT2D eigenvalue weighted by atomic mass is 16.2. The average molecular weight is 308 g/mol. The number of hydrogen-bond acceptors (Lipinski definition) is 2. The fraction of sp³-hybridized carbons (Fsp3) is 0.350. The Morgan fingerprint density at radius 2 is 1.70 bits per heavy atom. The third-order valence-corrected chi connectivity index (χ3v) is 4.69. The van der Waals surface area contributed by atoms with Crippen molar-refractivity contribution in [1.82, 2.24) is 4.90 Å². The van der Waals surface area contributed by atoms with Gasteiger partial charge < -0.3 is 10.2 Å². The number of nitrogens with zero attached hydrogens (tertiary/aromatic N) is 1. The molecule has 23 heavy (non-hydrogen) atoms. The van der Waals surface area contributed by atoms with Gasteiger partial charge in [-0.2, -0.15) is 0 Å². The van der Waals surface area contributed by atoms with Gasteiger partial charge in [0.15, 0.2) is 0 Å². The van der Waals surface area contributed by atoms with E-state index in [1.54, 1.807) is 0 Å². The predicted molar refractivity (Wildman–Crippen MR) is 94.8 cm³/mol. The van der Waals surface area contributed by atoms with Gasteiger partial charge in [-0.25, -0.2) is 0 Å². The number of amides is 1. The van der Waals surface area contributed by atoms with Crippen molar-refractivity contribution < 1.29 is 4.79 Å². The maximum absolute atomic E-state index is 12.6. The van der Waals surface area contributed by atoms with Gasteiger partial charge in [-0.15, -0.1) is 0 Å². The minimum absolute atomic E-state index is 0.158. The van der Waals surface area contributed by atoms with E-state index in [0.717, 1.165) is 43.6 Å². The zero-order valence-electron chi connectivity index (χ0n) is 13.7. The van der Waals surface area contributed by atoms with Crippen molar-refractivity contribution in [2.45, 2.75) is 19.3 Å². The molecule has 2 aromatic carbocycles. The Morgan fingerprint density at radius 1 is 1.04 bits per heavy atom. The monoisotopic (exact) mass is 308 g/mol. The molecule has 1 amide bonds. The summed E-state index contributed by atoms with van der Waals surface area (Å²) in [6.07, 6.45) is 3.31. The van der Waals surface area contributed by atoms with E-state index >= 15 is 0 Å². The van der Waals surface area contributed by atoms with Gasteiger partial charge in [0.2, 0.25) is 0 Å². The molecule has 1 heterocycles. The van der Waals surface area contributed by atoms with Crippen LogP contribution in [0, 0.1) is 5.92 Å². The molecule has 3 heteroatoms. The molecule has 0 aromatic heterocycles. The van der Waals surface area contributed by atoms with Crippen molar-refractivity contribution in [3.63, 3.8) is 0 Å². The lowest BCUT2D eigenvalue weighted by Crippen LogP contribution is -2.38. The van der Waals surface area contributed by atoms with Crippen LogP contribution in [0.25, 0.3) is 0 Å². The van der Waals surface area contributed by atoms with Crippen molar-refractivity contribution in [2.75, 3.05) is 25.5 Å². The molecule has 0 bridgehead atoms. The summed E-state index contributed by atoms with van der Waals surface area (Å²) in [6, 6.07) is 18.4. The molecule has 0 unspecified atom stereocenters. The summed E-state index contributed by atoms with van der Waals surface area (Å²) in [6.45, 7) is 1.73. The molecule has 1 fully saturated rings. The van der Waals surface area contributed by atoms with E-state index in [-0.39, 0.29) is 5.91 Å². The van der Waals surface area contributed by atoms with Crippen LogP contribution >= 0.6 is 0 Å². The zero-order chi connectivity index (χ0) is 16.1. The summed E-state index contributed by atoms with van der Waals surface area (Å²) in [5.41, 5.74) is 3.22. The summed E-state index contributed by atoms with van der Waals surface area (Å²) in [4.78, 5) is 14.6. The minimum Gasteiger partial charge on any atom is -0.388 e. The minimum atomic E-state index is 0.158. The van der Waals surface area contributed by atoms with Gasteiger partial charge in [0, 0.05) is 31.4 Å². The quantitative estimate of drug-likeness (QED) is 0.931. The Labute approximate surface area is 138 Å². The smallest absolute Gasteiger partial charge is 0.253 e. The Bertz CT molecular complexity index is 628. The van der Waals surface area contributed by atoms with E-state index in [1.165, 1.54) is 5.56 Å². The number of nitrogens with one attached hydrogen (secondary N) is 1. The first-order chi connectivity index (χ1) is 11.3. The molecule has 0 atom stereocenters. The first-order valence-electron chi connectivity index (χ1n) is 8.37. The van der Waals surface area contributed by atoms with Crippen LogP contribution in [0.4, 0.5) is 5.69 Å². The molecule has 2 aromatic rings. The van der Waals surface area contributed by atoms with E-state index in [0.29, 0.717) is 5.92 Å². The van der Waals surface area contributed by atoms with Crippen LogP contribution in [0.5, 0.6) is 0 Å². The molecule has 0 aliphatic carbocycles. The third kappa shape index (κ3) is 3.92. The largest absolute Gasteiger partial charge is 0.388 e. The van der Waals surface area contributed by atoms with Gasteiger partial charge in [-0.05, 0) is 55.0 Å². The summed E-state index contributed by atoms with van der Waals surface area (Å²) in [5, 5.41) is 3.08. The summed E-state index contributed by atoms with van der Waals surface area (Å²) < 4.78 is 0. The van der Waals surface area contributed by atoms with Crippen LogP contribution in [0.1, 0.15) is 28.8 Å². The van der Waals surface area contributed by atoms with Crippen LogP contribution in [-0.2, 0) is 6.42 Å². The third-order valence-electron chi connectivity index (χ3n) is 4.69. The number of piperidine rings is 1. The van der Waals surface area contributed by atoms with Crippen molar-refractivity contribution in [3.8, 4) is 0 Å². The normalized spacial score (nSPS) is 15.4. The maximum Gasteiger partial charge on any atom is 0.253 e. The molecule has 1 aliphatic rings. The van der Waals surface area contributed by atoms with E-state index in [4.69, 9.17) is 0 Å². The fourth-order valence-corrected chi connectivity index (χ4v) is 3.25. The summed E-state index contributed by atoms with van der Waals surface area (Å²) in [7, 11) is 1.88. The first-order valence-corrected chi connectivity index (χ1v) is 8.37. The maximum atomic E-state index is 12.6. The summed E-state index contributed by atoms with van der Waals surface area (Å²) >= 11 is 0. The van der Waals surface area contributed by atoms with Gasteiger partial charge in [-0.3, -0.25) is 4.79 Å². The number of rotatable bonds is 4. The van der Waals surface area contributed by atoms with Gasteiger partial charge in [0.1, 0.15) is 0 Å². The topological polar surface area (TPSA) is 32.3 Å². The molecule has 3 rings (SSSR count). The van der Waals surface area contributed by atoms with Crippen LogP contribution in [0.3, 0.4) is 0 Å². The predicted octanol–water partition coefficient (Wildman–Crippen LogP) is 3.82. The Balaban J connectivity index is 1.54. The summed E-state index contributed by atoms with van der Waals surface area (Å²) in [5.74, 6) is 0.846. The van der Waals surface area contributed by atoms with E-state index < -0.39 is 0 Å². The molecule has 0 spiro atoms. The second-order valence-corrected chi connectivity index (χ2v) is 6.25. The number of carbonyl (C=O) groups excluding carboxylic acids is 1. The molecule has 1 saturated heterocycles. The highest BCUT2D eigenvalue weighted by molar-refractivity contribution is 5.94. The van der Waals surface area contributed by atoms with Crippen LogP contribution in [0.2, 0.25) is 0 Å². The fourth-order valence-electron chi connectivity index (χ4n) is 3.25. The van der Waals surface area contributed by atoms with Gasteiger partial charge in [0.05, 0.1) is 0 Å². The van der Waals surface area contributed by atoms with E-state index in [9.17, 15) is 4.79 Å². The van der Waals surface area contributed by atoms with Crippen molar-refractivity contribution in [3.05, 3.63) is 65.7 Å². The lowest BCUT2D eigenvalue weighted by atomic mass is 9.90. The molecule has 120 valence electrons. The van der Waals surface area contributed by atoms with Crippen molar-refractivity contribution in [2.24, 2.45) is 5.92 Å². The second-order valence-electron chi connectivity index (χ2n) is 6.25. The highest BCUT2D eigenvalue weighted by Crippen LogP contribution is 2.23. The molecule has 1 aliphatic heterocycles. The van der Waals surface area contributed by atoms with Crippen LogP contribution < -0.4 is 5.32 Å². The van der Waals surface area contributed by atoms with Crippen molar-refractivity contribution >= 4 is 11.6 Å². The first kappa shape index (κ1) is 15.6. The molecule has 1 N–H and O–H groups in total. The standard InChI is InChI=1S/C20H24N2O/c1-21-19-9-7-18(8-10-19)20(23)22-13-11-17(12-14-22)15-16-5-3-2-4-6-16/h2-10,17,21H,11-15H2,1H3. The van der Waals surface area contributed by atoms with Gasteiger partial charge >= 0.3 is 0 Å². The number of likely N-dealkylation sites (tertiary alicyclic amines) is 1. The zero-order valence-corrected chi connectivity index (χ0v) is 13.7. The second kappa shape index (κ2) is 7.32. The van der Waals surface area contributed by atoms with E-state index in [1.807, 2.05) is 36.2 Å². The Hall–Kier alpha value is -2.29. The van der Waals surface area contributed by atoms with Gasteiger partial charge in [0.25, 0.3) is 5.91 Å². The number of anilines is 1. The number of benzene rings is 2. The number of hydrogen-bond donors (Lipinski definition) is 1. The molecule has 0 saturated carbocycles. The molecular formula is C20H24N2O. The van der Waals surface area contributed by atoms with Gasteiger partial charge in [-0.1, -0.05) is 30.3 Å². The molecular weight excluding hydrogens is 284 g/mol. The van der Waals surface area contributed by atoms with E-state index in [2.05, 4.69) is 35.6 Å². The molecule has 3 nitrogen and oxygen atoms in total. The average Bonchev–Trinajstić information content (AvgIpc) is 2.63. The number of carbonyl (C=O) groups is 1. The van der Waals surface area contributed by atoms with Crippen LogP contribution in [-0.4, -0.2) is 30.9 Å². The lowest BCUT2D eigenvalue weighted by Gasteiger charge is -2.32. The Morgan fingerprint density at radius 3 is 2.30 bits per heavy atom. The molecule has 0 radical (unpaired) electrons. The Kier molecular flexibility index (Phi) is 4.96. The van der Waals surface area contributed by atoms with Crippen LogP contribution in [0.15, 0.2) is 54.6 Å². The highest BCUT2D eigenvalue weighted by Gasteiger charge is 2.23.